The van der Waals surface area contributed by atoms with Crippen molar-refractivity contribution in [3.05, 3.63) is 0 Å². The normalized spacial score (nSPS) is 20.1. The van der Waals surface area contributed by atoms with Crippen molar-refractivity contribution in [1.82, 2.24) is 5.54 Å². The summed E-state index contributed by atoms with van der Waals surface area (Å²) < 4.78 is 11.2. The van der Waals surface area contributed by atoms with Crippen molar-refractivity contribution >= 4 is 12.4 Å². The highest BCUT2D eigenvalue weighted by atomic mass is 35.5. The van der Waals surface area contributed by atoms with Crippen molar-refractivity contribution in [1.29, 1.82) is 0 Å². The molecule has 1 aliphatic rings. The molecular weight excluding hydrogens is 117 g/mol. The number of hydrogen-bond donors (Lipinski definition) is 1. The topological polar surface area (TPSA) is 12.0 Å². The van der Waals surface area contributed by atoms with Gasteiger partial charge in [0.1, 0.15) is 0 Å². The minimum Gasteiger partial charge on any atom is -0.156 e. The first-order valence-corrected chi connectivity index (χ1v) is 2.29. The molecule has 1 rings (SSSR count). The van der Waals surface area contributed by atoms with Crippen molar-refractivity contribution in [3.63, 3.8) is 0 Å². The van der Waals surface area contributed by atoms with Gasteiger partial charge in [0, 0.05) is 6.04 Å². The molecule has 0 heterocycles. The van der Waals surface area contributed by atoms with Gasteiger partial charge in [0.25, 0.3) is 0 Å². The lowest BCUT2D eigenvalue weighted by molar-refractivity contribution is 0.199. The molecule has 0 amide bonds. The molecule has 0 radical (unpaired) electrons. The summed E-state index contributed by atoms with van der Waals surface area (Å²) in [6.45, 7) is 0. The molecule has 44 valence electrons. The third-order valence-electron chi connectivity index (χ3n) is 1.26. The highest BCUT2D eigenvalue weighted by Crippen LogP contribution is 2.17. The Labute approximate surface area is 48.6 Å². The molecule has 0 bridgehead atoms. The van der Waals surface area contributed by atoms with Crippen molar-refractivity contribution < 1.29 is 4.48 Å². The summed E-state index contributed by atoms with van der Waals surface area (Å²) in [5, 5.41) is 0. The zero-order valence-corrected chi connectivity index (χ0v) is 4.80. The number of rotatable bonds is 1. The first-order valence-electron chi connectivity index (χ1n) is 2.29. The van der Waals surface area contributed by atoms with Gasteiger partial charge in [-0.25, -0.2) is 0 Å². The maximum atomic E-state index is 11.2. The van der Waals surface area contributed by atoms with Crippen LogP contribution < -0.4 is 5.54 Å². The molecule has 0 unspecified atom stereocenters. The SMILES string of the molecule is Cl.FNC1CCC1. The Kier molecular flexibility index (Phi) is 3.30. The Morgan fingerprint density at radius 3 is 2.00 bits per heavy atom. The fourth-order valence-electron chi connectivity index (χ4n) is 0.517. The van der Waals surface area contributed by atoms with Crippen molar-refractivity contribution in [2.24, 2.45) is 0 Å². The van der Waals surface area contributed by atoms with Crippen LogP contribution in [-0.4, -0.2) is 6.04 Å². The summed E-state index contributed by atoms with van der Waals surface area (Å²) in [5.41, 5.74) is 1.70. The van der Waals surface area contributed by atoms with E-state index in [2.05, 4.69) is 0 Å². The molecule has 0 spiro atoms. The third-order valence-corrected chi connectivity index (χ3v) is 1.26. The van der Waals surface area contributed by atoms with Crippen LogP contribution in [0.5, 0.6) is 0 Å². The molecule has 1 saturated carbocycles. The molecule has 1 N–H and O–H groups in total. The van der Waals surface area contributed by atoms with Gasteiger partial charge in [-0.05, 0) is 12.8 Å². The first-order chi connectivity index (χ1) is 2.93. The second kappa shape index (κ2) is 3.22. The van der Waals surface area contributed by atoms with Crippen LogP contribution in [0, 0.1) is 0 Å². The standard InChI is InChI=1S/C4H8FN.ClH/c5-6-4-2-1-3-4;/h4,6H,1-3H2;1H. The average Bonchev–Trinajstić information content (AvgIpc) is 1.31. The number of nitrogens with one attached hydrogen (secondary N) is 1. The van der Waals surface area contributed by atoms with Crippen LogP contribution in [0.4, 0.5) is 4.48 Å². The Balaban J connectivity index is 0.000000360. The molecule has 7 heavy (non-hydrogen) atoms. The lowest BCUT2D eigenvalue weighted by Gasteiger charge is -2.21. The molecular formula is C4H9ClFN. The average molecular weight is 126 g/mol. The van der Waals surface area contributed by atoms with Crippen LogP contribution in [0.1, 0.15) is 19.3 Å². The van der Waals surface area contributed by atoms with Crippen LogP contribution in [0.3, 0.4) is 0 Å². The minimum absolute atomic E-state index is 0. The Bertz CT molecular complexity index is 44.2. The summed E-state index contributed by atoms with van der Waals surface area (Å²) >= 11 is 0. The van der Waals surface area contributed by atoms with E-state index in [0.29, 0.717) is 0 Å². The van der Waals surface area contributed by atoms with Gasteiger partial charge < -0.3 is 0 Å². The zero-order chi connectivity index (χ0) is 4.41. The van der Waals surface area contributed by atoms with Gasteiger partial charge in [0.05, 0.1) is 0 Å². The van der Waals surface area contributed by atoms with E-state index >= 15 is 0 Å². The van der Waals surface area contributed by atoms with Gasteiger partial charge in [0.2, 0.25) is 0 Å². The highest BCUT2D eigenvalue weighted by Gasteiger charge is 2.15. The summed E-state index contributed by atoms with van der Waals surface area (Å²) in [6.07, 6.45) is 3.24. The van der Waals surface area contributed by atoms with Gasteiger partial charge in [-0.3, -0.25) is 0 Å². The van der Waals surface area contributed by atoms with E-state index in [9.17, 15) is 4.48 Å². The van der Waals surface area contributed by atoms with Gasteiger partial charge in [-0.1, -0.05) is 6.42 Å². The summed E-state index contributed by atoms with van der Waals surface area (Å²) in [5.74, 6) is 0. The van der Waals surface area contributed by atoms with Crippen LogP contribution >= 0.6 is 12.4 Å². The second-order valence-electron chi connectivity index (χ2n) is 1.74. The Hall–Kier alpha value is 0.180. The summed E-state index contributed by atoms with van der Waals surface area (Å²) in [4.78, 5) is 0. The lowest BCUT2D eigenvalue weighted by Crippen LogP contribution is -2.28. The van der Waals surface area contributed by atoms with Gasteiger partial charge in [0.15, 0.2) is 0 Å². The zero-order valence-electron chi connectivity index (χ0n) is 3.98. The summed E-state index contributed by atoms with van der Waals surface area (Å²) in [6, 6.07) is 0.199. The highest BCUT2D eigenvalue weighted by molar-refractivity contribution is 5.85. The molecule has 0 atom stereocenters. The second-order valence-corrected chi connectivity index (χ2v) is 1.74. The van der Waals surface area contributed by atoms with E-state index < -0.39 is 0 Å². The Morgan fingerprint density at radius 2 is 2.00 bits per heavy atom. The van der Waals surface area contributed by atoms with E-state index in [-0.39, 0.29) is 18.4 Å². The van der Waals surface area contributed by atoms with Crippen LogP contribution in [-0.2, 0) is 0 Å². The van der Waals surface area contributed by atoms with Crippen molar-refractivity contribution in [2.45, 2.75) is 25.3 Å². The van der Waals surface area contributed by atoms with E-state index in [4.69, 9.17) is 0 Å². The third kappa shape index (κ3) is 1.61. The maximum Gasteiger partial charge on any atom is 0.0371 e. The fraction of sp³-hybridized carbons (Fsp3) is 1.00. The maximum absolute atomic E-state index is 11.2. The number of halogens is 2. The van der Waals surface area contributed by atoms with E-state index in [1.807, 2.05) is 0 Å². The molecule has 0 aromatic heterocycles. The molecule has 0 aromatic rings. The number of hydrogen-bond acceptors (Lipinski definition) is 1. The predicted molar refractivity (Wildman–Crippen MR) is 29.1 cm³/mol. The van der Waals surface area contributed by atoms with Gasteiger partial charge in [-0.2, -0.15) is 5.54 Å². The van der Waals surface area contributed by atoms with Crippen molar-refractivity contribution in [2.75, 3.05) is 0 Å². The largest absolute Gasteiger partial charge is 0.156 e. The minimum atomic E-state index is 0. The van der Waals surface area contributed by atoms with Crippen LogP contribution in [0.15, 0.2) is 0 Å². The molecule has 0 aromatic carbocycles. The van der Waals surface area contributed by atoms with Gasteiger partial charge in [-0.15, -0.1) is 16.9 Å². The monoisotopic (exact) mass is 125 g/mol. The first kappa shape index (κ1) is 7.18. The quantitative estimate of drug-likeness (QED) is 0.523. The lowest BCUT2D eigenvalue weighted by atomic mass is 9.94. The van der Waals surface area contributed by atoms with Gasteiger partial charge >= 0.3 is 0 Å². The van der Waals surface area contributed by atoms with Crippen molar-refractivity contribution in [3.8, 4) is 0 Å². The fourth-order valence-corrected chi connectivity index (χ4v) is 0.517. The molecule has 1 fully saturated rings. The molecule has 0 aliphatic heterocycles. The summed E-state index contributed by atoms with van der Waals surface area (Å²) in [7, 11) is 0. The van der Waals surface area contributed by atoms with Crippen LogP contribution in [0.2, 0.25) is 0 Å². The van der Waals surface area contributed by atoms with E-state index in [0.717, 1.165) is 12.8 Å². The Morgan fingerprint density at radius 1 is 1.43 bits per heavy atom. The van der Waals surface area contributed by atoms with Crippen LogP contribution in [0.25, 0.3) is 0 Å². The smallest absolute Gasteiger partial charge is 0.0371 e. The molecule has 3 heteroatoms. The van der Waals surface area contributed by atoms with E-state index in [1.54, 1.807) is 5.54 Å². The molecule has 1 aliphatic carbocycles. The van der Waals surface area contributed by atoms with E-state index in [1.165, 1.54) is 6.42 Å². The molecule has 0 saturated heterocycles. The molecule has 1 nitrogen and oxygen atoms in total. The predicted octanol–water partition coefficient (Wildman–Crippen LogP) is 1.43.